The van der Waals surface area contributed by atoms with E-state index in [9.17, 15) is 13.2 Å². The minimum absolute atomic E-state index is 0.171. The highest BCUT2D eigenvalue weighted by Crippen LogP contribution is 2.32. The van der Waals surface area contributed by atoms with Gasteiger partial charge in [0.05, 0.1) is 27.4 Å². The standard InChI is InChI=1S/C30H26N4O3S2/c1-21-9-14-27-28(18-21)38-30(32-27)34(20-25-8-4-5-16-31-25)29(35)23-10-12-26(13-11-23)39(36,37)33-17-15-22-6-2-3-7-24(22)19-33/h2-14,16,18H,15,17,19-20H2,1H3. The lowest BCUT2D eigenvalue weighted by molar-refractivity contribution is 0.0984. The Morgan fingerprint density at radius 3 is 2.51 bits per heavy atom. The number of rotatable bonds is 6. The lowest BCUT2D eigenvalue weighted by Gasteiger charge is -2.28. The van der Waals surface area contributed by atoms with Gasteiger partial charge in [-0.05, 0) is 78.6 Å². The maximum Gasteiger partial charge on any atom is 0.260 e. The van der Waals surface area contributed by atoms with Crippen LogP contribution in [0.4, 0.5) is 5.13 Å². The molecule has 0 saturated carbocycles. The van der Waals surface area contributed by atoms with Gasteiger partial charge in [0, 0.05) is 24.8 Å². The molecular formula is C30H26N4O3S2. The van der Waals surface area contributed by atoms with Crippen molar-refractivity contribution in [2.24, 2.45) is 0 Å². The number of hydrogen-bond acceptors (Lipinski definition) is 6. The van der Waals surface area contributed by atoms with Gasteiger partial charge in [-0.2, -0.15) is 4.31 Å². The van der Waals surface area contributed by atoms with Gasteiger partial charge in [-0.3, -0.25) is 14.7 Å². The minimum Gasteiger partial charge on any atom is -0.278 e. The molecule has 0 saturated heterocycles. The minimum atomic E-state index is -3.70. The number of hydrogen-bond donors (Lipinski definition) is 0. The average molecular weight is 555 g/mol. The third-order valence-electron chi connectivity index (χ3n) is 6.89. The number of nitrogens with zero attached hydrogens (tertiary/aromatic N) is 4. The van der Waals surface area contributed by atoms with Crippen LogP contribution in [0.3, 0.4) is 0 Å². The third kappa shape index (κ3) is 5.08. The fourth-order valence-corrected chi connectivity index (χ4v) is 7.24. The topological polar surface area (TPSA) is 83.5 Å². The Labute approximate surface area is 231 Å². The van der Waals surface area contributed by atoms with Gasteiger partial charge in [0.1, 0.15) is 0 Å². The zero-order chi connectivity index (χ0) is 27.0. The van der Waals surface area contributed by atoms with Crippen LogP contribution in [0.1, 0.15) is 32.7 Å². The first-order valence-electron chi connectivity index (χ1n) is 12.6. The van der Waals surface area contributed by atoms with Crippen molar-refractivity contribution in [3.8, 4) is 0 Å². The number of carbonyl (C=O) groups is 1. The van der Waals surface area contributed by atoms with Crippen molar-refractivity contribution in [3.63, 3.8) is 0 Å². The predicted molar refractivity (Wildman–Crippen MR) is 153 cm³/mol. The zero-order valence-electron chi connectivity index (χ0n) is 21.3. The number of aromatic nitrogens is 2. The first-order valence-corrected chi connectivity index (χ1v) is 14.9. The summed E-state index contributed by atoms with van der Waals surface area (Å²) in [5.74, 6) is -0.271. The number of sulfonamides is 1. The summed E-state index contributed by atoms with van der Waals surface area (Å²) >= 11 is 1.45. The van der Waals surface area contributed by atoms with Crippen molar-refractivity contribution in [3.05, 3.63) is 119 Å². The fraction of sp³-hybridized carbons (Fsp3) is 0.167. The van der Waals surface area contributed by atoms with Crippen LogP contribution in [0.5, 0.6) is 0 Å². The summed E-state index contributed by atoms with van der Waals surface area (Å²) in [4.78, 5) is 24.7. The van der Waals surface area contributed by atoms with Crippen LogP contribution in [0.25, 0.3) is 10.2 Å². The third-order valence-corrected chi connectivity index (χ3v) is 9.79. The van der Waals surface area contributed by atoms with Crippen LogP contribution in [0.2, 0.25) is 0 Å². The fourth-order valence-electron chi connectivity index (χ4n) is 4.76. The quantitative estimate of drug-likeness (QED) is 0.273. The second-order valence-electron chi connectivity index (χ2n) is 9.56. The molecule has 9 heteroatoms. The summed E-state index contributed by atoms with van der Waals surface area (Å²) in [7, 11) is -3.70. The molecule has 5 aromatic rings. The maximum absolute atomic E-state index is 13.8. The summed E-state index contributed by atoms with van der Waals surface area (Å²) in [5.41, 5.74) is 5.26. The zero-order valence-corrected chi connectivity index (χ0v) is 23.0. The molecule has 0 fully saturated rings. The molecular weight excluding hydrogens is 528 g/mol. The number of pyridine rings is 1. The Morgan fingerprint density at radius 1 is 0.974 bits per heavy atom. The Bertz CT molecular complexity index is 1770. The van der Waals surface area contributed by atoms with E-state index in [2.05, 4.69) is 11.1 Å². The molecule has 1 amide bonds. The monoisotopic (exact) mass is 554 g/mol. The Morgan fingerprint density at radius 2 is 1.74 bits per heavy atom. The van der Waals surface area contributed by atoms with Gasteiger partial charge in [-0.1, -0.05) is 47.7 Å². The molecule has 1 aliphatic rings. The van der Waals surface area contributed by atoms with E-state index in [0.717, 1.165) is 27.0 Å². The van der Waals surface area contributed by atoms with Crippen molar-refractivity contribution in [1.29, 1.82) is 0 Å². The van der Waals surface area contributed by atoms with Crippen molar-refractivity contribution in [1.82, 2.24) is 14.3 Å². The van der Waals surface area contributed by atoms with Crippen molar-refractivity contribution in [2.75, 3.05) is 11.4 Å². The molecule has 0 N–H and O–H groups in total. The summed E-state index contributed by atoms with van der Waals surface area (Å²) in [6.45, 7) is 3.03. The molecule has 196 valence electrons. The molecule has 6 rings (SSSR count). The van der Waals surface area contributed by atoms with Crippen LogP contribution in [0.15, 0.2) is 96.0 Å². The van der Waals surface area contributed by atoms with Crippen molar-refractivity contribution in [2.45, 2.75) is 31.3 Å². The highest BCUT2D eigenvalue weighted by molar-refractivity contribution is 7.89. The van der Waals surface area contributed by atoms with Gasteiger partial charge >= 0.3 is 0 Å². The molecule has 0 radical (unpaired) electrons. The highest BCUT2D eigenvalue weighted by atomic mass is 32.2. The van der Waals surface area contributed by atoms with E-state index < -0.39 is 10.0 Å². The molecule has 0 aliphatic carbocycles. The maximum atomic E-state index is 13.8. The molecule has 3 aromatic carbocycles. The summed E-state index contributed by atoms with van der Waals surface area (Å²) < 4.78 is 29.3. The molecule has 7 nitrogen and oxygen atoms in total. The normalized spacial score (nSPS) is 13.8. The van der Waals surface area contributed by atoms with Gasteiger partial charge in [0.25, 0.3) is 5.91 Å². The van der Waals surface area contributed by atoms with E-state index in [1.807, 2.05) is 61.5 Å². The molecule has 3 heterocycles. The SMILES string of the molecule is Cc1ccc2nc(N(Cc3ccccn3)C(=O)c3ccc(S(=O)(=O)N4CCc5ccccc5C4)cc3)sc2c1. The second-order valence-corrected chi connectivity index (χ2v) is 12.5. The number of fused-ring (bicyclic) bond motifs is 2. The van der Waals surface area contributed by atoms with Crippen LogP contribution in [-0.2, 0) is 29.5 Å². The van der Waals surface area contributed by atoms with E-state index in [1.165, 1.54) is 33.3 Å². The van der Waals surface area contributed by atoms with E-state index in [4.69, 9.17) is 4.98 Å². The number of benzene rings is 3. The van der Waals surface area contributed by atoms with Crippen molar-refractivity contribution >= 4 is 42.6 Å². The summed E-state index contributed by atoms with van der Waals surface area (Å²) in [5, 5.41) is 0.565. The number of aryl methyl sites for hydroxylation is 1. The smallest absolute Gasteiger partial charge is 0.260 e. The second kappa shape index (κ2) is 10.3. The van der Waals surface area contributed by atoms with E-state index in [-0.39, 0.29) is 17.3 Å². The van der Waals surface area contributed by atoms with E-state index >= 15 is 0 Å². The number of amides is 1. The molecule has 0 bridgehead atoms. The molecule has 39 heavy (non-hydrogen) atoms. The van der Waals surface area contributed by atoms with Crippen LogP contribution >= 0.6 is 11.3 Å². The Kier molecular flexibility index (Phi) is 6.72. The largest absolute Gasteiger partial charge is 0.278 e. The van der Waals surface area contributed by atoms with Crippen molar-refractivity contribution < 1.29 is 13.2 Å². The first kappa shape index (κ1) is 25.4. The molecule has 1 aliphatic heterocycles. The van der Waals surface area contributed by atoms with Crippen LogP contribution < -0.4 is 4.90 Å². The first-order chi connectivity index (χ1) is 18.9. The molecule has 0 atom stereocenters. The lowest BCUT2D eigenvalue weighted by atomic mass is 10.0. The van der Waals surface area contributed by atoms with Gasteiger partial charge in [0.2, 0.25) is 10.0 Å². The van der Waals surface area contributed by atoms with Gasteiger partial charge < -0.3 is 0 Å². The highest BCUT2D eigenvalue weighted by Gasteiger charge is 2.29. The van der Waals surface area contributed by atoms with Crippen LogP contribution in [-0.4, -0.2) is 35.1 Å². The number of thiazole rings is 1. The molecule has 0 unspecified atom stereocenters. The Hall–Kier alpha value is -3.92. The molecule has 2 aromatic heterocycles. The van der Waals surface area contributed by atoms with Crippen LogP contribution in [0, 0.1) is 6.92 Å². The predicted octanol–water partition coefficient (Wildman–Crippen LogP) is 5.59. The van der Waals surface area contributed by atoms with Gasteiger partial charge in [0.15, 0.2) is 5.13 Å². The number of anilines is 1. The lowest BCUT2D eigenvalue weighted by Crippen LogP contribution is -2.36. The Balaban J connectivity index is 1.29. The van der Waals surface area contributed by atoms with E-state index in [0.29, 0.717) is 30.2 Å². The summed E-state index contributed by atoms with van der Waals surface area (Å²) in [6.07, 6.45) is 2.37. The number of carbonyl (C=O) groups excluding carboxylic acids is 1. The van der Waals surface area contributed by atoms with Gasteiger partial charge in [-0.15, -0.1) is 0 Å². The molecule has 0 spiro atoms. The average Bonchev–Trinajstić information content (AvgIpc) is 3.39. The van der Waals surface area contributed by atoms with E-state index in [1.54, 1.807) is 23.2 Å². The van der Waals surface area contributed by atoms with Gasteiger partial charge in [-0.25, -0.2) is 13.4 Å². The summed E-state index contributed by atoms with van der Waals surface area (Å²) in [6, 6.07) is 25.7.